The largest absolute Gasteiger partial charge is 0.320 e. The summed E-state index contributed by atoms with van der Waals surface area (Å²) in [7, 11) is -1.42. The van der Waals surface area contributed by atoms with Crippen LogP contribution < -0.4 is 5.32 Å². The number of hydrogen-bond acceptors (Lipinski definition) is 3. The van der Waals surface area contributed by atoms with Crippen LogP contribution in [0.4, 0.5) is 0 Å². The summed E-state index contributed by atoms with van der Waals surface area (Å²) in [6, 6.07) is 6.39. The van der Waals surface area contributed by atoms with Crippen LogP contribution in [0.1, 0.15) is 19.3 Å². The van der Waals surface area contributed by atoms with Crippen molar-refractivity contribution in [3.63, 3.8) is 0 Å². The average molecular weight is 317 g/mol. The third kappa shape index (κ3) is 3.73. The van der Waals surface area contributed by atoms with Crippen LogP contribution in [0.3, 0.4) is 0 Å². The van der Waals surface area contributed by atoms with Crippen LogP contribution in [0.2, 0.25) is 5.02 Å². The third-order valence-corrected chi connectivity index (χ3v) is 5.99. The standard InChI is InChI=1S/C14H21ClN2O2S/c1-16-9-6-12-7-10-17(11-8-12)20(18,19)14-4-2-13(15)3-5-14/h2-5,12,16H,6-11H2,1H3. The number of nitrogens with zero attached hydrogens (tertiary/aromatic N) is 1. The van der Waals surface area contributed by atoms with E-state index in [1.807, 2.05) is 7.05 Å². The second-order valence-electron chi connectivity index (χ2n) is 5.19. The van der Waals surface area contributed by atoms with Gasteiger partial charge in [-0.05, 0) is 63.0 Å². The summed E-state index contributed by atoms with van der Waals surface area (Å²) in [5.41, 5.74) is 0. The Morgan fingerprint density at radius 1 is 1.25 bits per heavy atom. The van der Waals surface area contributed by atoms with Crippen molar-refractivity contribution in [3.8, 4) is 0 Å². The smallest absolute Gasteiger partial charge is 0.243 e. The van der Waals surface area contributed by atoms with Crippen LogP contribution in [0.5, 0.6) is 0 Å². The Morgan fingerprint density at radius 2 is 1.85 bits per heavy atom. The molecule has 112 valence electrons. The van der Waals surface area contributed by atoms with Crippen molar-refractivity contribution in [3.05, 3.63) is 29.3 Å². The Hall–Kier alpha value is -0.620. The molecule has 20 heavy (non-hydrogen) atoms. The van der Waals surface area contributed by atoms with Gasteiger partial charge < -0.3 is 5.32 Å². The van der Waals surface area contributed by atoms with E-state index < -0.39 is 10.0 Å². The minimum Gasteiger partial charge on any atom is -0.320 e. The first-order valence-electron chi connectivity index (χ1n) is 6.94. The van der Waals surface area contributed by atoms with E-state index in [1.54, 1.807) is 28.6 Å². The van der Waals surface area contributed by atoms with E-state index in [-0.39, 0.29) is 0 Å². The van der Waals surface area contributed by atoms with Gasteiger partial charge in [-0.15, -0.1) is 0 Å². The zero-order chi connectivity index (χ0) is 14.6. The van der Waals surface area contributed by atoms with Crippen LogP contribution in [-0.4, -0.2) is 39.4 Å². The summed E-state index contributed by atoms with van der Waals surface area (Å²) in [4.78, 5) is 0.329. The van der Waals surface area contributed by atoms with Gasteiger partial charge in [0.1, 0.15) is 0 Å². The monoisotopic (exact) mass is 316 g/mol. The first-order chi connectivity index (χ1) is 9.54. The Morgan fingerprint density at radius 3 is 2.40 bits per heavy atom. The lowest BCUT2D eigenvalue weighted by Gasteiger charge is -2.31. The molecule has 1 saturated heterocycles. The van der Waals surface area contributed by atoms with Gasteiger partial charge in [0.05, 0.1) is 4.90 Å². The molecule has 0 atom stereocenters. The average Bonchev–Trinajstić information content (AvgIpc) is 2.46. The lowest BCUT2D eigenvalue weighted by atomic mass is 9.95. The first-order valence-corrected chi connectivity index (χ1v) is 8.76. The van der Waals surface area contributed by atoms with Crippen molar-refractivity contribution in [2.45, 2.75) is 24.2 Å². The summed E-state index contributed by atoms with van der Waals surface area (Å²) < 4.78 is 26.6. The summed E-state index contributed by atoms with van der Waals surface area (Å²) in [5, 5.41) is 3.69. The van der Waals surface area contributed by atoms with Crippen LogP contribution >= 0.6 is 11.6 Å². The van der Waals surface area contributed by atoms with E-state index in [2.05, 4.69) is 5.32 Å². The molecule has 4 nitrogen and oxygen atoms in total. The molecule has 1 aliphatic rings. The Balaban J connectivity index is 2.00. The minimum absolute atomic E-state index is 0.329. The fraction of sp³-hybridized carbons (Fsp3) is 0.571. The Bertz CT molecular complexity index is 523. The second kappa shape index (κ2) is 6.89. The summed E-state index contributed by atoms with van der Waals surface area (Å²) in [5.74, 6) is 0.624. The number of benzene rings is 1. The van der Waals surface area contributed by atoms with Crippen molar-refractivity contribution in [1.82, 2.24) is 9.62 Å². The molecule has 0 radical (unpaired) electrons. The van der Waals surface area contributed by atoms with Gasteiger partial charge in [0.15, 0.2) is 0 Å². The number of hydrogen-bond donors (Lipinski definition) is 1. The Kier molecular flexibility index (Phi) is 5.43. The molecule has 2 rings (SSSR count). The van der Waals surface area contributed by atoms with Gasteiger partial charge in [-0.1, -0.05) is 11.6 Å². The highest BCUT2D eigenvalue weighted by Crippen LogP contribution is 2.25. The summed E-state index contributed by atoms with van der Waals surface area (Å²) in [6.45, 7) is 2.22. The van der Waals surface area contributed by atoms with E-state index in [0.29, 0.717) is 28.9 Å². The van der Waals surface area contributed by atoms with Gasteiger partial charge >= 0.3 is 0 Å². The maximum Gasteiger partial charge on any atom is 0.243 e. The molecule has 0 saturated carbocycles. The SMILES string of the molecule is CNCCC1CCN(S(=O)(=O)c2ccc(Cl)cc2)CC1. The molecule has 1 aliphatic heterocycles. The molecule has 1 heterocycles. The van der Waals surface area contributed by atoms with E-state index in [1.165, 1.54) is 0 Å². The molecule has 0 spiro atoms. The third-order valence-electron chi connectivity index (χ3n) is 3.83. The molecule has 0 unspecified atom stereocenters. The van der Waals surface area contributed by atoms with Gasteiger partial charge in [0.2, 0.25) is 10.0 Å². The predicted molar refractivity (Wildman–Crippen MR) is 81.5 cm³/mol. The van der Waals surface area contributed by atoms with E-state index in [0.717, 1.165) is 25.8 Å². The lowest BCUT2D eigenvalue weighted by molar-refractivity contribution is 0.263. The van der Waals surface area contributed by atoms with Crippen molar-refractivity contribution >= 4 is 21.6 Å². The van der Waals surface area contributed by atoms with Gasteiger partial charge in [-0.25, -0.2) is 8.42 Å². The van der Waals surface area contributed by atoms with Crippen molar-refractivity contribution in [2.75, 3.05) is 26.7 Å². The fourth-order valence-electron chi connectivity index (χ4n) is 2.54. The number of halogens is 1. The van der Waals surface area contributed by atoms with Crippen LogP contribution in [0, 0.1) is 5.92 Å². The Labute approximate surface area is 126 Å². The summed E-state index contributed by atoms with van der Waals surface area (Å²) in [6.07, 6.45) is 2.99. The van der Waals surface area contributed by atoms with Crippen molar-refractivity contribution < 1.29 is 8.42 Å². The molecule has 0 amide bonds. The number of sulfonamides is 1. The number of nitrogens with one attached hydrogen (secondary N) is 1. The molecule has 0 aliphatic carbocycles. The zero-order valence-corrected chi connectivity index (χ0v) is 13.3. The summed E-state index contributed by atoms with van der Waals surface area (Å²) >= 11 is 5.80. The topological polar surface area (TPSA) is 49.4 Å². The van der Waals surface area contributed by atoms with Gasteiger partial charge in [0, 0.05) is 18.1 Å². The highest BCUT2D eigenvalue weighted by molar-refractivity contribution is 7.89. The first kappa shape index (κ1) is 15.8. The number of rotatable bonds is 5. The highest BCUT2D eigenvalue weighted by atomic mass is 35.5. The van der Waals surface area contributed by atoms with Crippen molar-refractivity contribution in [2.24, 2.45) is 5.92 Å². The van der Waals surface area contributed by atoms with Gasteiger partial charge in [0.25, 0.3) is 0 Å². The lowest BCUT2D eigenvalue weighted by Crippen LogP contribution is -2.38. The molecular formula is C14H21ClN2O2S. The molecule has 0 bridgehead atoms. The van der Waals surface area contributed by atoms with Crippen molar-refractivity contribution in [1.29, 1.82) is 0 Å². The maximum absolute atomic E-state index is 12.5. The molecule has 1 fully saturated rings. The fourth-order valence-corrected chi connectivity index (χ4v) is 4.14. The van der Waals surface area contributed by atoms with Crippen LogP contribution in [-0.2, 0) is 10.0 Å². The zero-order valence-electron chi connectivity index (χ0n) is 11.7. The molecule has 0 aromatic heterocycles. The maximum atomic E-state index is 12.5. The van der Waals surface area contributed by atoms with Gasteiger partial charge in [-0.2, -0.15) is 4.31 Å². The van der Waals surface area contributed by atoms with Crippen LogP contribution in [0.25, 0.3) is 0 Å². The van der Waals surface area contributed by atoms with E-state index in [9.17, 15) is 8.42 Å². The predicted octanol–water partition coefficient (Wildman–Crippen LogP) is 2.35. The van der Waals surface area contributed by atoms with Crippen LogP contribution in [0.15, 0.2) is 29.2 Å². The normalized spacial score (nSPS) is 18.3. The van der Waals surface area contributed by atoms with E-state index in [4.69, 9.17) is 11.6 Å². The molecule has 1 aromatic rings. The highest BCUT2D eigenvalue weighted by Gasteiger charge is 2.28. The minimum atomic E-state index is -3.36. The second-order valence-corrected chi connectivity index (χ2v) is 7.57. The van der Waals surface area contributed by atoms with Gasteiger partial charge in [-0.3, -0.25) is 0 Å². The molecule has 6 heteroatoms. The number of piperidine rings is 1. The van der Waals surface area contributed by atoms with E-state index >= 15 is 0 Å². The molecule has 1 N–H and O–H groups in total. The molecular weight excluding hydrogens is 296 g/mol. The molecule has 1 aromatic carbocycles. The quantitative estimate of drug-likeness (QED) is 0.907.